The lowest BCUT2D eigenvalue weighted by atomic mass is 9.67. The molecule has 266 valence electrons. The first kappa shape index (κ1) is 33.5. The van der Waals surface area contributed by atoms with E-state index in [1.165, 1.54) is 52.6 Å². The molecule has 0 amide bonds. The summed E-state index contributed by atoms with van der Waals surface area (Å²) in [5.74, 6) is 1.88. The molecular formula is C51H37N5. The van der Waals surface area contributed by atoms with E-state index in [1.807, 2.05) is 48.7 Å². The molecule has 5 heteroatoms. The molecule has 1 spiro atoms. The van der Waals surface area contributed by atoms with Crippen LogP contribution in [0.25, 0.3) is 78.7 Å². The molecule has 0 atom stereocenters. The van der Waals surface area contributed by atoms with Crippen molar-refractivity contribution in [3.05, 3.63) is 181 Å². The Morgan fingerprint density at radius 1 is 0.446 bits per heavy atom. The topological polar surface area (TPSA) is 75.3 Å². The van der Waals surface area contributed by atoms with E-state index in [9.17, 15) is 5.26 Å². The standard InChI is InChI=1S/C51H37N5/c52-32-34-17-26-44-46(30-34)51(27-5-2-6-28-51)45-16-8-15-43(47(44)45)37-22-18-35(19-23-37)40-12-7-13-41(31-40)50-55-48(38-10-3-1-4-11-38)54-49(56-50)39-24-20-36(21-25-39)42-14-9-29-53-33-42/h1,3-4,7-26,29-31,33H,2,5-6,27-28H2. The monoisotopic (exact) mass is 719 g/mol. The summed E-state index contributed by atoms with van der Waals surface area (Å²) >= 11 is 0. The molecule has 1 saturated carbocycles. The van der Waals surface area contributed by atoms with Crippen LogP contribution in [-0.4, -0.2) is 19.9 Å². The third-order valence-corrected chi connectivity index (χ3v) is 11.7. The van der Waals surface area contributed by atoms with Gasteiger partial charge in [-0.15, -0.1) is 0 Å². The highest BCUT2D eigenvalue weighted by atomic mass is 15.0. The summed E-state index contributed by atoms with van der Waals surface area (Å²) in [7, 11) is 0. The third kappa shape index (κ3) is 5.88. The maximum absolute atomic E-state index is 9.81. The number of hydrogen-bond donors (Lipinski definition) is 0. The molecule has 2 aromatic heterocycles. The van der Waals surface area contributed by atoms with Crippen molar-refractivity contribution in [2.45, 2.75) is 37.5 Å². The molecule has 0 saturated heterocycles. The molecule has 0 bridgehead atoms. The Balaban J connectivity index is 1.01. The Morgan fingerprint density at radius 3 is 1.77 bits per heavy atom. The van der Waals surface area contributed by atoms with Crippen molar-refractivity contribution in [3.8, 4) is 84.7 Å². The zero-order chi connectivity index (χ0) is 37.5. The summed E-state index contributed by atoms with van der Waals surface area (Å²) in [6.07, 6.45) is 9.63. The van der Waals surface area contributed by atoms with E-state index in [1.54, 1.807) is 6.20 Å². The number of pyridine rings is 1. The van der Waals surface area contributed by atoms with Crippen LogP contribution in [0.5, 0.6) is 0 Å². The zero-order valence-corrected chi connectivity index (χ0v) is 30.9. The minimum absolute atomic E-state index is 0.00916. The highest BCUT2D eigenvalue weighted by Gasteiger charge is 2.44. The molecule has 2 aliphatic carbocycles. The van der Waals surface area contributed by atoms with Crippen LogP contribution in [0.2, 0.25) is 0 Å². The van der Waals surface area contributed by atoms with Gasteiger partial charge in [-0.2, -0.15) is 5.26 Å². The molecule has 0 unspecified atom stereocenters. The van der Waals surface area contributed by atoms with E-state index < -0.39 is 0 Å². The fourth-order valence-electron chi connectivity index (χ4n) is 8.92. The quantitative estimate of drug-likeness (QED) is 0.171. The summed E-state index contributed by atoms with van der Waals surface area (Å²) < 4.78 is 0. The SMILES string of the molecule is N#Cc1ccc2c(c1)C1(CCCCC1)c1cccc(-c3ccc(-c4cccc(-c5nc(-c6ccccc6)nc(-c6ccc(-c7cccnc7)cc6)n5)c4)cc3)c1-2. The number of nitriles is 1. The Kier molecular flexibility index (Phi) is 8.38. The van der Waals surface area contributed by atoms with Crippen LogP contribution in [0.4, 0.5) is 0 Å². The lowest BCUT2D eigenvalue weighted by molar-refractivity contribution is 0.353. The first-order valence-corrected chi connectivity index (χ1v) is 19.4. The molecule has 5 nitrogen and oxygen atoms in total. The molecule has 6 aromatic carbocycles. The van der Waals surface area contributed by atoms with Gasteiger partial charge in [-0.1, -0.05) is 147 Å². The lowest BCUT2D eigenvalue weighted by Gasteiger charge is -2.36. The van der Waals surface area contributed by atoms with Crippen LogP contribution in [0.3, 0.4) is 0 Å². The van der Waals surface area contributed by atoms with Crippen LogP contribution in [0.1, 0.15) is 48.8 Å². The van der Waals surface area contributed by atoms with Crippen molar-refractivity contribution in [2.75, 3.05) is 0 Å². The third-order valence-electron chi connectivity index (χ3n) is 11.7. The number of benzene rings is 6. The van der Waals surface area contributed by atoms with Crippen molar-refractivity contribution in [1.82, 2.24) is 19.9 Å². The van der Waals surface area contributed by atoms with Gasteiger partial charge in [-0.05, 0) is 92.7 Å². The Bertz CT molecular complexity index is 2760. The second kappa shape index (κ2) is 14.0. The molecule has 1 fully saturated rings. The van der Waals surface area contributed by atoms with Gasteiger partial charge >= 0.3 is 0 Å². The van der Waals surface area contributed by atoms with E-state index in [0.717, 1.165) is 57.3 Å². The fraction of sp³-hybridized carbons (Fsp3) is 0.118. The Hall–Kier alpha value is -7.03. The second-order valence-electron chi connectivity index (χ2n) is 14.9. The normalized spacial score (nSPS) is 13.8. The highest BCUT2D eigenvalue weighted by Crippen LogP contribution is 2.58. The van der Waals surface area contributed by atoms with Gasteiger partial charge in [0.15, 0.2) is 17.5 Å². The van der Waals surface area contributed by atoms with Crippen LogP contribution < -0.4 is 0 Å². The van der Waals surface area contributed by atoms with Gasteiger partial charge in [0.1, 0.15) is 0 Å². The van der Waals surface area contributed by atoms with Crippen molar-refractivity contribution >= 4 is 0 Å². The van der Waals surface area contributed by atoms with E-state index in [0.29, 0.717) is 17.5 Å². The number of rotatable bonds is 6. The number of fused-ring (bicyclic) bond motifs is 5. The van der Waals surface area contributed by atoms with Gasteiger partial charge in [0.05, 0.1) is 11.6 Å². The summed E-state index contributed by atoms with van der Waals surface area (Å²) in [5, 5.41) is 9.81. The molecule has 2 heterocycles. The van der Waals surface area contributed by atoms with Crippen molar-refractivity contribution in [2.24, 2.45) is 0 Å². The van der Waals surface area contributed by atoms with E-state index in [2.05, 4.69) is 120 Å². The van der Waals surface area contributed by atoms with Gasteiger partial charge in [0.25, 0.3) is 0 Å². The van der Waals surface area contributed by atoms with Crippen LogP contribution >= 0.6 is 0 Å². The summed E-state index contributed by atoms with van der Waals surface area (Å²) in [4.78, 5) is 19.3. The van der Waals surface area contributed by atoms with Gasteiger partial charge in [-0.3, -0.25) is 4.98 Å². The molecule has 8 aromatic rings. The zero-order valence-electron chi connectivity index (χ0n) is 30.9. The van der Waals surface area contributed by atoms with Crippen LogP contribution in [0, 0.1) is 11.3 Å². The molecule has 2 aliphatic rings. The Labute approximate surface area is 327 Å². The predicted octanol–water partition coefficient (Wildman–Crippen LogP) is 12.4. The number of nitrogens with zero attached hydrogens (tertiary/aromatic N) is 5. The van der Waals surface area contributed by atoms with Crippen molar-refractivity contribution in [1.29, 1.82) is 5.26 Å². The molecule has 0 N–H and O–H groups in total. The second-order valence-corrected chi connectivity index (χ2v) is 14.9. The van der Waals surface area contributed by atoms with Crippen LogP contribution in [-0.2, 0) is 5.41 Å². The van der Waals surface area contributed by atoms with Crippen molar-refractivity contribution < 1.29 is 0 Å². The molecule has 56 heavy (non-hydrogen) atoms. The highest BCUT2D eigenvalue weighted by molar-refractivity contribution is 5.93. The molecule has 10 rings (SSSR count). The summed E-state index contributed by atoms with van der Waals surface area (Å²) in [5.41, 5.74) is 15.7. The van der Waals surface area contributed by atoms with Crippen LogP contribution in [0.15, 0.2) is 164 Å². The first-order chi connectivity index (χ1) is 27.7. The molecule has 0 radical (unpaired) electrons. The maximum atomic E-state index is 9.81. The lowest BCUT2D eigenvalue weighted by Crippen LogP contribution is -2.28. The average molecular weight is 720 g/mol. The molecule has 0 aliphatic heterocycles. The minimum Gasteiger partial charge on any atom is -0.264 e. The number of aromatic nitrogens is 4. The van der Waals surface area contributed by atoms with Gasteiger partial charge in [-0.25, -0.2) is 15.0 Å². The Morgan fingerprint density at radius 2 is 1.05 bits per heavy atom. The average Bonchev–Trinajstić information content (AvgIpc) is 3.55. The van der Waals surface area contributed by atoms with E-state index in [4.69, 9.17) is 15.0 Å². The summed E-state index contributed by atoms with van der Waals surface area (Å²) in [6.45, 7) is 0. The smallest absolute Gasteiger partial charge is 0.164 e. The fourth-order valence-corrected chi connectivity index (χ4v) is 8.92. The van der Waals surface area contributed by atoms with E-state index in [-0.39, 0.29) is 5.41 Å². The molecular weight excluding hydrogens is 683 g/mol. The maximum Gasteiger partial charge on any atom is 0.164 e. The largest absolute Gasteiger partial charge is 0.264 e. The van der Waals surface area contributed by atoms with Crippen molar-refractivity contribution in [3.63, 3.8) is 0 Å². The van der Waals surface area contributed by atoms with E-state index >= 15 is 0 Å². The van der Waals surface area contributed by atoms with Gasteiger partial charge < -0.3 is 0 Å². The predicted molar refractivity (Wildman–Crippen MR) is 224 cm³/mol. The number of hydrogen-bond acceptors (Lipinski definition) is 5. The first-order valence-electron chi connectivity index (χ1n) is 19.4. The van der Waals surface area contributed by atoms with Gasteiger partial charge in [0.2, 0.25) is 0 Å². The summed E-state index contributed by atoms with van der Waals surface area (Å²) in [6, 6.07) is 55.3. The minimum atomic E-state index is -0.00916. The van der Waals surface area contributed by atoms with Gasteiger partial charge in [0, 0.05) is 34.5 Å².